The van der Waals surface area contributed by atoms with Crippen molar-refractivity contribution >= 4 is 15.9 Å². The van der Waals surface area contributed by atoms with Gasteiger partial charge in [0.15, 0.2) is 0 Å². The zero-order chi connectivity index (χ0) is 13.9. The Morgan fingerprint density at radius 1 is 1.26 bits per heavy atom. The third-order valence-electron chi connectivity index (χ3n) is 4.03. The Balaban J connectivity index is 1.92. The quantitative estimate of drug-likeness (QED) is 0.733. The van der Waals surface area contributed by atoms with E-state index < -0.39 is 22.0 Å². The Labute approximate surface area is 114 Å². The molecule has 2 aliphatic rings. The van der Waals surface area contributed by atoms with Crippen LogP contribution in [0.25, 0.3) is 0 Å². The van der Waals surface area contributed by atoms with Crippen molar-refractivity contribution in [1.29, 1.82) is 0 Å². The van der Waals surface area contributed by atoms with Gasteiger partial charge in [-0.2, -0.15) is 4.31 Å². The Morgan fingerprint density at radius 3 is 2.68 bits per heavy atom. The average Bonchev–Trinajstić information content (AvgIpc) is 2.88. The fourth-order valence-corrected chi connectivity index (χ4v) is 4.76. The van der Waals surface area contributed by atoms with Crippen LogP contribution in [0.15, 0.2) is 0 Å². The highest BCUT2D eigenvalue weighted by Gasteiger charge is 2.37. The predicted octanol–water partition coefficient (Wildman–Crippen LogP) is -0.202. The number of rotatable bonds is 5. The number of carbonyl (C=O) groups is 1. The van der Waals surface area contributed by atoms with E-state index in [9.17, 15) is 13.2 Å². The van der Waals surface area contributed by atoms with E-state index in [0.29, 0.717) is 25.8 Å². The number of sulfonamides is 1. The molecular formula is C12H23N3O3S. The Bertz CT molecular complexity index is 418. The van der Waals surface area contributed by atoms with Gasteiger partial charge in [-0.25, -0.2) is 8.42 Å². The van der Waals surface area contributed by atoms with E-state index in [0.717, 1.165) is 19.4 Å². The van der Waals surface area contributed by atoms with Gasteiger partial charge in [0.05, 0.1) is 5.75 Å². The first-order chi connectivity index (χ1) is 9.00. The number of hydrogen-bond donors (Lipinski definition) is 2. The second-order valence-electron chi connectivity index (χ2n) is 5.42. The fraction of sp³-hybridized carbons (Fsp3) is 0.917. The monoisotopic (exact) mass is 289 g/mol. The van der Waals surface area contributed by atoms with Crippen molar-refractivity contribution in [1.82, 2.24) is 9.62 Å². The summed E-state index contributed by atoms with van der Waals surface area (Å²) >= 11 is 0. The lowest BCUT2D eigenvalue weighted by Crippen LogP contribution is -2.45. The van der Waals surface area contributed by atoms with Gasteiger partial charge in [0, 0.05) is 12.6 Å². The molecule has 2 saturated heterocycles. The number of amides is 1. The average molecular weight is 289 g/mol. The summed E-state index contributed by atoms with van der Waals surface area (Å²) in [5, 5.41) is 3.34. The molecule has 2 heterocycles. The molecule has 3 N–H and O–H groups in total. The molecule has 2 atom stereocenters. The van der Waals surface area contributed by atoms with Crippen LogP contribution in [0.5, 0.6) is 0 Å². The van der Waals surface area contributed by atoms with Gasteiger partial charge in [-0.15, -0.1) is 0 Å². The molecular weight excluding hydrogens is 266 g/mol. The topological polar surface area (TPSA) is 92.5 Å². The first-order valence-electron chi connectivity index (χ1n) is 7.03. The highest BCUT2D eigenvalue weighted by atomic mass is 32.2. The molecule has 0 aromatic carbocycles. The normalized spacial score (nSPS) is 29.5. The van der Waals surface area contributed by atoms with Crippen LogP contribution in [0, 0.1) is 0 Å². The van der Waals surface area contributed by atoms with Gasteiger partial charge in [0.2, 0.25) is 15.9 Å². The Morgan fingerprint density at radius 2 is 2.05 bits per heavy atom. The van der Waals surface area contributed by atoms with Gasteiger partial charge in [-0.3, -0.25) is 4.79 Å². The summed E-state index contributed by atoms with van der Waals surface area (Å²) in [6, 6.07) is -0.345. The van der Waals surface area contributed by atoms with Gasteiger partial charge in [0.25, 0.3) is 0 Å². The van der Waals surface area contributed by atoms with Crippen LogP contribution >= 0.6 is 0 Å². The second-order valence-corrected chi connectivity index (χ2v) is 7.46. The Hall–Kier alpha value is -0.660. The lowest BCUT2D eigenvalue weighted by molar-refractivity contribution is -0.121. The van der Waals surface area contributed by atoms with Crippen molar-refractivity contribution in [2.45, 2.75) is 50.6 Å². The molecule has 0 aromatic rings. The molecule has 1 amide bonds. The smallest absolute Gasteiger partial charge is 0.235 e. The molecule has 2 rings (SSSR count). The maximum atomic E-state index is 12.3. The van der Waals surface area contributed by atoms with Crippen molar-refractivity contribution in [3.8, 4) is 0 Å². The number of nitrogens with zero attached hydrogens (tertiary/aromatic N) is 1. The molecule has 0 bridgehead atoms. The van der Waals surface area contributed by atoms with E-state index in [2.05, 4.69) is 5.32 Å². The second kappa shape index (κ2) is 6.19. The molecule has 0 radical (unpaired) electrons. The number of carbonyl (C=O) groups excluding carboxylic acids is 1. The molecule has 19 heavy (non-hydrogen) atoms. The van der Waals surface area contributed by atoms with Crippen LogP contribution in [0.3, 0.4) is 0 Å². The molecule has 0 aromatic heterocycles. The predicted molar refractivity (Wildman–Crippen MR) is 73.0 cm³/mol. The van der Waals surface area contributed by atoms with E-state index in [1.807, 2.05) is 0 Å². The summed E-state index contributed by atoms with van der Waals surface area (Å²) in [5.74, 6) is -0.425. The van der Waals surface area contributed by atoms with Gasteiger partial charge in [-0.05, 0) is 38.6 Å². The summed E-state index contributed by atoms with van der Waals surface area (Å²) in [7, 11) is -3.36. The highest BCUT2D eigenvalue weighted by molar-refractivity contribution is 7.89. The molecule has 6 nitrogen and oxygen atoms in total. The van der Waals surface area contributed by atoms with Crippen LogP contribution in [0.2, 0.25) is 0 Å². The molecule has 2 unspecified atom stereocenters. The van der Waals surface area contributed by atoms with E-state index in [-0.39, 0.29) is 11.8 Å². The van der Waals surface area contributed by atoms with E-state index in [1.54, 1.807) is 0 Å². The molecule has 0 spiro atoms. The molecule has 0 aliphatic carbocycles. The summed E-state index contributed by atoms with van der Waals surface area (Å²) in [5.41, 5.74) is 5.27. The standard InChI is InChI=1S/C12H23N3O3S/c13-12(16)11-5-3-8-15(11)19(17,18)9-6-10-4-1-2-7-14-10/h10-11,14H,1-9H2,(H2,13,16). The first kappa shape index (κ1) is 14.7. The zero-order valence-corrected chi connectivity index (χ0v) is 12.0. The zero-order valence-electron chi connectivity index (χ0n) is 11.2. The lowest BCUT2D eigenvalue weighted by atomic mass is 10.0. The minimum absolute atomic E-state index is 0.106. The minimum Gasteiger partial charge on any atom is -0.368 e. The summed E-state index contributed by atoms with van der Waals surface area (Å²) in [6.45, 7) is 1.40. The fourth-order valence-electron chi connectivity index (χ4n) is 2.94. The van der Waals surface area contributed by atoms with Gasteiger partial charge in [0.1, 0.15) is 6.04 Å². The molecule has 110 valence electrons. The largest absolute Gasteiger partial charge is 0.368 e. The highest BCUT2D eigenvalue weighted by Crippen LogP contribution is 2.22. The SMILES string of the molecule is NC(=O)C1CCCN1S(=O)(=O)CCC1CCCCN1. The number of nitrogens with two attached hydrogens (primary N) is 1. The first-order valence-corrected chi connectivity index (χ1v) is 8.64. The van der Waals surface area contributed by atoms with Crippen molar-refractivity contribution in [3.63, 3.8) is 0 Å². The molecule has 2 aliphatic heterocycles. The third kappa shape index (κ3) is 3.67. The van der Waals surface area contributed by atoms with E-state index in [4.69, 9.17) is 5.73 Å². The van der Waals surface area contributed by atoms with Crippen LogP contribution in [0.1, 0.15) is 38.5 Å². The van der Waals surface area contributed by atoms with Crippen molar-refractivity contribution < 1.29 is 13.2 Å². The van der Waals surface area contributed by atoms with Crippen LogP contribution in [0.4, 0.5) is 0 Å². The molecule has 7 heteroatoms. The molecule has 2 fully saturated rings. The van der Waals surface area contributed by atoms with Crippen molar-refractivity contribution in [3.05, 3.63) is 0 Å². The Kier molecular flexibility index (Phi) is 4.81. The van der Waals surface area contributed by atoms with Crippen molar-refractivity contribution in [2.24, 2.45) is 5.73 Å². The van der Waals surface area contributed by atoms with Crippen LogP contribution < -0.4 is 11.1 Å². The van der Waals surface area contributed by atoms with Crippen molar-refractivity contribution in [2.75, 3.05) is 18.8 Å². The van der Waals surface area contributed by atoms with Gasteiger partial charge >= 0.3 is 0 Å². The lowest BCUT2D eigenvalue weighted by Gasteiger charge is -2.26. The van der Waals surface area contributed by atoms with Crippen LogP contribution in [-0.4, -0.2) is 49.6 Å². The van der Waals surface area contributed by atoms with Gasteiger partial charge < -0.3 is 11.1 Å². The number of hydrogen-bond acceptors (Lipinski definition) is 4. The number of primary amides is 1. The van der Waals surface area contributed by atoms with Crippen LogP contribution in [-0.2, 0) is 14.8 Å². The summed E-state index contributed by atoms with van der Waals surface area (Å²) in [4.78, 5) is 11.3. The van der Waals surface area contributed by atoms with E-state index >= 15 is 0 Å². The molecule has 0 saturated carbocycles. The number of piperidine rings is 1. The minimum atomic E-state index is -3.36. The summed E-state index contributed by atoms with van der Waals surface area (Å²) in [6.07, 6.45) is 5.24. The van der Waals surface area contributed by atoms with E-state index in [1.165, 1.54) is 10.7 Å². The summed E-state index contributed by atoms with van der Waals surface area (Å²) < 4.78 is 25.9. The maximum Gasteiger partial charge on any atom is 0.235 e. The van der Waals surface area contributed by atoms with Gasteiger partial charge in [-0.1, -0.05) is 6.42 Å². The maximum absolute atomic E-state index is 12.3. The number of nitrogens with one attached hydrogen (secondary N) is 1. The third-order valence-corrected chi connectivity index (χ3v) is 5.93.